The van der Waals surface area contributed by atoms with Crippen molar-refractivity contribution in [2.45, 2.75) is 25.8 Å². The molecular weight excluding hydrogens is 222 g/mol. The molecule has 0 aliphatic carbocycles. The first-order valence-electron chi connectivity index (χ1n) is 4.69. The zero-order valence-corrected chi connectivity index (χ0v) is 9.12. The fourth-order valence-corrected chi connectivity index (χ4v) is 1.65. The van der Waals surface area contributed by atoms with Gasteiger partial charge in [0.2, 0.25) is 11.8 Å². The van der Waals surface area contributed by atoms with Crippen LogP contribution in [0.2, 0.25) is 0 Å². The van der Waals surface area contributed by atoms with Crippen molar-refractivity contribution in [2.75, 3.05) is 12.5 Å². The van der Waals surface area contributed by atoms with Crippen LogP contribution in [-0.4, -0.2) is 41.2 Å². The Hall–Kier alpha value is -1.10. The smallest absolute Gasteiger partial charge is 0.329 e. The van der Waals surface area contributed by atoms with Crippen LogP contribution in [0.4, 0.5) is 0 Å². The van der Waals surface area contributed by atoms with Crippen molar-refractivity contribution in [1.82, 2.24) is 4.90 Å². The van der Waals surface area contributed by atoms with Crippen LogP contribution in [0.25, 0.3) is 0 Å². The van der Waals surface area contributed by atoms with E-state index in [1.807, 2.05) is 0 Å². The minimum absolute atomic E-state index is 0.187. The lowest BCUT2D eigenvalue weighted by molar-refractivity contribution is -0.156. The number of rotatable bonds is 3. The van der Waals surface area contributed by atoms with Crippen molar-refractivity contribution in [3.05, 3.63) is 0 Å². The molecule has 0 aromatic rings. The number of amides is 2. The molecule has 1 rings (SSSR count). The Labute approximate surface area is 92.3 Å². The van der Waals surface area contributed by atoms with Gasteiger partial charge in [-0.3, -0.25) is 14.5 Å². The van der Waals surface area contributed by atoms with Crippen LogP contribution in [-0.2, 0) is 19.1 Å². The molecule has 0 aromatic carbocycles. The van der Waals surface area contributed by atoms with Gasteiger partial charge >= 0.3 is 5.97 Å². The molecule has 0 saturated carbocycles. The van der Waals surface area contributed by atoms with Crippen LogP contribution in [0.3, 0.4) is 0 Å². The summed E-state index contributed by atoms with van der Waals surface area (Å²) in [5.74, 6) is -1.75. The summed E-state index contributed by atoms with van der Waals surface area (Å²) in [5.41, 5.74) is 0. The summed E-state index contributed by atoms with van der Waals surface area (Å²) in [7, 11) is 0. The van der Waals surface area contributed by atoms with Crippen LogP contribution in [0.15, 0.2) is 0 Å². The van der Waals surface area contributed by atoms with Crippen molar-refractivity contribution in [1.29, 1.82) is 0 Å². The second kappa shape index (κ2) is 5.11. The number of alkyl halides is 1. The summed E-state index contributed by atoms with van der Waals surface area (Å²) in [6, 6.07) is -0.788. The number of carbonyl (C=O) groups excluding carboxylic acids is 3. The highest BCUT2D eigenvalue weighted by Crippen LogP contribution is 2.20. The predicted octanol–water partition coefficient (Wildman–Crippen LogP) is 0.306. The molecule has 5 nitrogen and oxygen atoms in total. The number of carbonyl (C=O) groups is 3. The number of likely N-dealkylation sites (tertiary alicyclic amines) is 1. The van der Waals surface area contributed by atoms with Gasteiger partial charge in [0.05, 0.1) is 6.61 Å². The standard InChI is InChI=1S/C9H12ClNO4/c1-2-15-9(14)6-3-4-7(12)11(6)8(13)5-10/h6H,2-5H2,1H3. The molecule has 2 amide bonds. The average molecular weight is 234 g/mol. The molecule has 0 N–H and O–H groups in total. The fourth-order valence-electron chi connectivity index (χ4n) is 1.52. The molecule has 0 bridgehead atoms. The highest BCUT2D eigenvalue weighted by atomic mass is 35.5. The maximum Gasteiger partial charge on any atom is 0.329 e. The molecule has 1 unspecified atom stereocenters. The quantitative estimate of drug-likeness (QED) is 0.520. The van der Waals surface area contributed by atoms with Gasteiger partial charge in [-0.05, 0) is 13.3 Å². The lowest BCUT2D eigenvalue weighted by atomic mass is 10.2. The fraction of sp³-hybridized carbons (Fsp3) is 0.667. The Morgan fingerprint density at radius 1 is 1.60 bits per heavy atom. The minimum Gasteiger partial charge on any atom is -0.464 e. The molecule has 84 valence electrons. The number of hydrogen-bond donors (Lipinski definition) is 0. The topological polar surface area (TPSA) is 63.7 Å². The van der Waals surface area contributed by atoms with Crippen LogP contribution < -0.4 is 0 Å². The predicted molar refractivity (Wildman–Crippen MR) is 52.2 cm³/mol. The molecule has 0 spiro atoms. The number of halogens is 1. The molecule has 0 aromatic heterocycles. The van der Waals surface area contributed by atoms with E-state index in [2.05, 4.69) is 0 Å². The molecule has 1 saturated heterocycles. The Bertz CT molecular complexity index is 292. The Morgan fingerprint density at radius 2 is 2.27 bits per heavy atom. The monoisotopic (exact) mass is 233 g/mol. The van der Waals surface area contributed by atoms with E-state index in [0.29, 0.717) is 6.42 Å². The molecule has 1 fully saturated rings. The molecule has 6 heteroatoms. The maximum absolute atomic E-state index is 11.4. The summed E-state index contributed by atoms with van der Waals surface area (Å²) >= 11 is 5.35. The van der Waals surface area contributed by atoms with Gasteiger partial charge in [0.25, 0.3) is 0 Å². The normalized spacial score (nSPS) is 20.5. The van der Waals surface area contributed by atoms with E-state index in [1.165, 1.54) is 0 Å². The van der Waals surface area contributed by atoms with Gasteiger partial charge in [-0.1, -0.05) is 0 Å². The van der Waals surface area contributed by atoms with E-state index in [0.717, 1.165) is 4.90 Å². The third kappa shape index (κ3) is 2.47. The van der Waals surface area contributed by atoms with Gasteiger partial charge < -0.3 is 4.74 Å². The zero-order chi connectivity index (χ0) is 11.4. The largest absolute Gasteiger partial charge is 0.464 e. The van der Waals surface area contributed by atoms with Gasteiger partial charge in [-0.15, -0.1) is 11.6 Å². The van der Waals surface area contributed by atoms with E-state index in [-0.39, 0.29) is 24.8 Å². The van der Waals surface area contributed by atoms with E-state index in [4.69, 9.17) is 16.3 Å². The first-order valence-corrected chi connectivity index (χ1v) is 5.22. The number of imide groups is 1. The minimum atomic E-state index is -0.788. The van der Waals surface area contributed by atoms with Crippen LogP contribution >= 0.6 is 11.6 Å². The Morgan fingerprint density at radius 3 is 2.80 bits per heavy atom. The van der Waals surface area contributed by atoms with E-state index in [1.54, 1.807) is 6.92 Å². The van der Waals surface area contributed by atoms with Gasteiger partial charge in [0.1, 0.15) is 11.9 Å². The number of esters is 1. The van der Waals surface area contributed by atoms with Crippen molar-refractivity contribution in [3.63, 3.8) is 0 Å². The third-order valence-electron chi connectivity index (χ3n) is 2.15. The van der Waals surface area contributed by atoms with E-state index < -0.39 is 17.9 Å². The molecular formula is C9H12ClNO4. The first-order chi connectivity index (χ1) is 7.11. The van der Waals surface area contributed by atoms with Gasteiger partial charge in [0.15, 0.2) is 0 Å². The first kappa shape index (κ1) is 12.0. The lowest BCUT2D eigenvalue weighted by Gasteiger charge is -2.20. The van der Waals surface area contributed by atoms with Gasteiger partial charge in [0, 0.05) is 6.42 Å². The maximum atomic E-state index is 11.4. The average Bonchev–Trinajstić information content (AvgIpc) is 2.59. The summed E-state index contributed by atoms with van der Waals surface area (Å²) in [6.07, 6.45) is 0.506. The van der Waals surface area contributed by atoms with E-state index >= 15 is 0 Å². The Kier molecular flexibility index (Phi) is 4.08. The molecule has 15 heavy (non-hydrogen) atoms. The third-order valence-corrected chi connectivity index (χ3v) is 2.38. The van der Waals surface area contributed by atoms with E-state index in [9.17, 15) is 14.4 Å². The molecule has 1 atom stereocenters. The van der Waals surface area contributed by atoms with Crippen LogP contribution in [0.1, 0.15) is 19.8 Å². The van der Waals surface area contributed by atoms with Gasteiger partial charge in [-0.25, -0.2) is 4.79 Å². The van der Waals surface area contributed by atoms with Crippen LogP contribution in [0.5, 0.6) is 0 Å². The summed E-state index contributed by atoms with van der Waals surface area (Å²) < 4.78 is 4.77. The molecule has 1 heterocycles. The molecule has 1 aliphatic rings. The molecule has 0 radical (unpaired) electrons. The number of nitrogens with zero attached hydrogens (tertiary/aromatic N) is 1. The lowest BCUT2D eigenvalue weighted by Crippen LogP contribution is -2.44. The van der Waals surface area contributed by atoms with Gasteiger partial charge in [-0.2, -0.15) is 0 Å². The Balaban J connectivity index is 2.76. The number of hydrogen-bond acceptors (Lipinski definition) is 4. The van der Waals surface area contributed by atoms with Crippen molar-refractivity contribution in [3.8, 4) is 0 Å². The summed E-state index contributed by atoms with van der Waals surface area (Å²) in [5, 5.41) is 0. The highest BCUT2D eigenvalue weighted by molar-refractivity contribution is 6.28. The second-order valence-corrected chi connectivity index (χ2v) is 3.36. The summed E-state index contributed by atoms with van der Waals surface area (Å²) in [6.45, 7) is 1.90. The van der Waals surface area contributed by atoms with Crippen LogP contribution in [0, 0.1) is 0 Å². The SMILES string of the molecule is CCOC(=O)C1CCC(=O)N1C(=O)CCl. The second-order valence-electron chi connectivity index (χ2n) is 3.10. The molecule has 1 aliphatic heterocycles. The van der Waals surface area contributed by atoms with Crippen molar-refractivity contribution in [2.24, 2.45) is 0 Å². The number of ether oxygens (including phenoxy) is 1. The zero-order valence-electron chi connectivity index (χ0n) is 8.36. The highest BCUT2D eigenvalue weighted by Gasteiger charge is 2.40. The summed E-state index contributed by atoms with van der Waals surface area (Å²) in [4.78, 5) is 35.0. The van der Waals surface area contributed by atoms with Crippen molar-refractivity contribution >= 4 is 29.4 Å². The van der Waals surface area contributed by atoms with Crippen molar-refractivity contribution < 1.29 is 19.1 Å².